The molecule has 1 aromatic carbocycles. The molecule has 2 amide bonds. The Kier molecular flexibility index (Phi) is 7.67. The van der Waals surface area contributed by atoms with Crippen molar-refractivity contribution in [3.63, 3.8) is 0 Å². The molecule has 0 saturated carbocycles. The average Bonchev–Trinajstić information content (AvgIpc) is 3.17. The molecule has 2 rings (SSSR count). The minimum Gasteiger partial charge on any atom is -0.476 e. The number of aromatic carboxylic acids is 1. The molecule has 0 atom stereocenters. The van der Waals surface area contributed by atoms with Crippen molar-refractivity contribution in [2.45, 2.75) is 39.5 Å². The molecule has 150 valence electrons. The molecule has 2 aromatic rings. The molecule has 0 aliphatic rings. The number of carbonyl (C=O) groups excluding carboxylic acids is 2. The van der Waals surface area contributed by atoms with Crippen molar-refractivity contribution in [1.29, 1.82) is 0 Å². The number of carbonyl (C=O) groups is 3. The fourth-order valence-corrected chi connectivity index (χ4v) is 2.72. The first kappa shape index (κ1) is 21.1. The number of rotatable bonds is 10. The number of amides is 2. The van der Waals surface area contributed by atoms with Gasteiger partial charge in [-0.2, -0.15) is 0 Å². The van der Waals surface area contributed by atoms with E-state index in [1.165, 1.54) is 10.9 Å². The van der Waals surface area contributed by atoms with Crippen molar-refractivity contribution < 1.29 is 19.5 Å². The molecule has 0 radical (unpaired) electrons. The van der Waals surface area contributed by atoms with E-state index in [1.807, 2.05) is 13.8 Å². The van der Waals surface area contributed by atoms with Gasteiger partial charge in [-0.3, -0.25) is 9.59 Å². The van der Waals surface area contributed by atoms with Gasteiger partial charge in [0.1, 0.15) is 0 Å². The summed E-state index contributed by atoms with van der Waals surface area (Å²) in [4.78, 5) is 37.2. The van der Waals surface area contributed by atoms with E-state index in [0.717, 1.165) is 12.8 Å². The predicted octanol–water partition coefficient (Wildman–Crippen LogP) is 2.33. The molecule has 1 aromatic heterocycles. The van der Waals surface area contributed by atoms with Gasteiger partial charge < -0.3 is 15.3 Å². The van der Waals surface area contributed by atoms with Gasteiger partial charge in [0.25, 0.3) is 0 Å². The van der Waals surface area contributed by atoms with Gasteiger partial charge in [-0.15, -0.1) is 5.10 Å². The van der Waals surface area contributed by atoms with Crippen LogP contribution in [0, 0.1) is 0 Å². The lowest BCUT2D eigenvalue weighted by atomic mass is 10.2. The molecule has 0 spiro atoms. The molecule has 0 saturated heterocycles. The largest absolute Gasteiger partial charge is 0.476 e. The third-order valence-corrected chi connectivity index (χ3v) is 4.01. The Bertz CT molecular complexity index is 827. The standard InChI is InChI=1S/C19H25N5O4/c1-3-10-23(11-4-2)18(26)9-8-17(25)20-14-6-5-7-15(12-14)24-13-16(19(27)28)21-22-24/h5-7,12-13H,3-4,8-11H2,1-2H3,(H,20,25)(H,27,28). The zero-order valence-corrected chi connectivity index (χ0v) is 16.1. The van der Waals surface area contributed by atoms with Gasteiger partial charge in [0, 0.05) is 31.6 Å². The van der Waals surface area contributed by atoms with Gasteiger partial charge in [-0.1, -0.05) is 25.1 Å². The zero-order chi connectivity index (χ0) is 20.5. The molecule has 0 unspecified atom stereocenters. The van der Waals surface area contributed by atoms with E-state index in [1.54, 1.807) is 29.2 Å². The molecule has 9 heteroatoms. The molecule has 0 aliphatic heterocycles. The minimum atomic E-state index is -1.17. The maximum Gasteiger partial charge on any atom is 0.358 e. The van der Waals surface area contributed by atoms with Crippen LogP contribution in [-0.4, -0.2) is 55.9 Å². The van der Waals surface area contributed by atoms with Gasteiger partial charge in [-0.05, 0) is 31.0 Å². The first-order chi connectivity index (χ1) is 13.4. The van der Waals surface area contributed by atoms with Crippen molar-refractivity contribution in [2.75, 3.05) is 18.4 Å². The van der Waals surface area contributed by atoms with Crippen molar-refractivity contribution in [3.8, 4) is 5.69 Å². The van der Waals surface area contributed by atoms with Crippen molar-refractivity contribution >= 4 is 23.5 Å². The summed E-state index contributed by atoms with van der Waals surface area (Å²) in [5, 5.41) is 19.0. The number of benzene rings is 1. The number of nitrogens with zero attached hydrogens (tertiary/aromatic N) is 4. The molecular weight excluding hydrogens is 362 g/mol. The number of carboxylic acid groups (broad SMARTS) is 1. The Morgan fingerprint density at radius 3 is 2.46 bits per heavy atom. The Morgan fingerprint density at radius 2 is 1.86 bits per heavy atom. The van der Waals surface area contributed by atoms with Crippen molar-refractivity contribution in [1.82, 2.24) is 19.9 Å². The number of aromatic nitrogens is 3. The van der Waals surface area contributed by atoms with Crippen LogP contribution >= 0.6 is 0 Å². The van der Waals surface area contributed by atoms with Crippen LogP contribution in [0.1, 0.15) is 50.0 Å². The fraction of sp³-hybridized carbons (Fsp3) is 0.421. The van der Waals surface area contributed by atoms with E-state index in [0.29, 0.717) is 24.5 Å². The third kappa shape index (κ3) is 5.90. The van der Waals surface area contributed by atoms with Crippen LogP contribution in [-0.2, 0) is 9.59 Å². The van der Waals surface area contributed by atoms with Crippen LogP contribution in [0.5, 0.6) is 0 Å². The Balaban J connectivity index is 1.95. The quantitative estimate of drug-likeness (QED) is 0.646. The maximum atomic E-state index is 12.3. The van der Waals surface area contributed by atoms with E-state index in [9.17, 15) is 14.4 Å². The highest BCUT2D eigenvalue weighted by atomic mass is 16.4. The normalized spacial score (nSPS) is 10.5. The van der Waals surface area contributed by atoms with Gasteiger partial charge >= 0.3 is 5.97 Å². The highest BCUT2D eigenvalue weighted by Gasteiger charge is 2.14. The lowest BCUT2D eigenvalue weighted by Crippen LogP contribution is -2.33. The van der Waals surface area contributed by atoms with Crippen molar-refractivity contribution in [2.24, 2.45) is 0 Å². The highest BCUT2D eigenvalue weighted by molar-refractivity contribution is 5.93. The number of carboxylic acids is 1. The second-order valence-corrected chi connectivity index (χ2v) is 6.33. The van der Waals surface area contributed by atoms with Gasteiger partial charge in [0.05, 0.1) is 11.9 Å². The monoisotopic (exact) mass is 387 g/mol. The van der Waals surface area contributed by atoms with E-state index in [4.69, 9.17) is 5.11 Å². The molecule has 0 aliphatic carbocycles. The van der Waals surface area contributed by atoms with Gasteiger partial charge in [0.2, 0.25) is 11.8 Å². The SMILES string of the molecule is CCCN(CCC)C(=O)CCC(=O)Nc1cccc(-n2cc(C(=O)O)nn2)c1. The summed E-state index contributed by atoms with van der Waals surface area (Å²) in [5.74, 6) is -1.44. The number of anilines is 1. The van der Waals surface area contributed by atoms with Gasteiger partial charge in [0.15, 0.2) is 5.69 Å². The zero-order valence-electron chi connectivity index (χ0n) is 16.1. The first-order valence-corrected chi connectivity index (χ1v) is 9.28. The van der Waals surface area contributed by atoms with Crippen molar-refractivity contribution in [3.05, 3.63) is 36.2 Å². The summed E-state index contributed by atoms with van der Waals surface area (Å²) in [6.07, 6.45) is 3.32. The lowest BCUT2D eigenvalue weighted by Gasteiger charge is -2.21. The molecule has 1 heterocycles. The third-order valence-electron chi connectivity index (χ3n) is 4.01. The molecular formula is C19H25N5O4. The second kappa shape index (κ2) is 10.2. The summed E-state index contributed by atoms with van der Waals surface area (Å²) in [6, 6.07) is 6.79. The molecule has 0 bridgehead atoms. The maximum absolute atomic E-state index is 12.3. The molecule has 2 N–H and O–H groups in total. The summed E-state index contributed by atoms with van der Waals surface area (Å²) >= 11 is 0. The number of hydrogen-bond acceptors (Lipinski definition) is 5. The van der Waals surface area contributed by atoms with Gasteiger partial charge in [-0.25, -0.2) is 9.48 Å². The Hall–Kier alpha value is -3.23. The topological polar surface area (TPSA) is 117 Å². The lowest BCUT2D eigenvalue weighted by molar-refractivity contribution is -0.132. The van der Waals surface area contributed by atoms with E-state index in [2.05, 4.69) is 15.6 Å². The molecule has 9 nitrogen and oxygen atoms in total. The summed E-state index contributed by atoms with van der Waals surface area (Å²) in [7, 11) is 0. The average molecular weight is 387 g/mol. The second-order valence-electron chi connectivity index (χ2n) is 6.33. The van der Waals surface area contributed by atoms with Crippen LogP contribution in [0.3, 0.4) is 0 Å². The van der Waals surface area contributed by atoms with E-state index >= 15 is 0 Å². The smallest absolute Gasteiger partial charge is 0.358 e. The van der Waals surface area contributed by atoms with E-state index in [-0.39, 0.29) is 30.3 Å². The van der Waals surface area contributed by atoms with Crippen LogP contribution in [0.15, 0.2) is 30.5 Å². The summed E-state index contributed by atoms with van der Waals surface area (Å²) in [6.45, 7) is 5.44. The van der Waals surface area contributed by atoms with Crippen LogP contribution in [0.2, 0.25) is 0 Å². The molecule has 0 fully saturated rings. The highest BCUT2D eigenvalue weighted by Crippen LogP contribution is 2.15. The van der Waals surface area contributed by atoms with Crippen LogP contribution < -0.4 is 5.32 Å². The Labute approximate surface area is 163 Å². The van der Waals surface area contributed by atoms with Crippen LogP contribution in [0.25, 0.3) is 5.69 Å². The summed E-state index contributed by atoms with van der Waals surface area (Å²) < 4.78 is 1.32. The Morgan fingerprint density at radius 1 is 1.14 bits per heavy atom. The van der Waals surface area contributed by atoms with Crippen LogP contribution in [0.4, 0.5) is 5.69 Å². The first-order valence-electron chi connectivity index (χ1n) is 9.28. The molecule has 28 heavy (non-hydrogen) atoms. The number of hydrogen-bond donors (Lipinski definition) is 2. The predicted molar refractivity (Wildman–Crippen MR) is 103 cm³/mol. The number of nitrogens with one attached hydrogen (secondary N) is 1. The minimum absolute atomic E-state index is 0.0172. The van der Waals surface area contributed by atoms with E-state index < -0.39 is 5.97 Å². The summed E-state index contributed by atoms with van der Waals surface area (Å²) in [5.41, 5.74) is 0.920. The fourth-order valence-electron chi connectivity index (χ4n) is 2.72.